The highest BCUT2D eigenvalue weighted by Crippen LogP contribution is 2.47. The van der Waals surface area contributed by atoms with E-state index in [1.807, 2.05) is 24.3 Å². The largest absolute Gasteiger partial charge is 0.486 e. The predicted molar refractivity (Wildman–Crippen MR) is 119 cm³/mol. The van der Waals surface area contributed by atoms with Crippen molar-refractivity contribution in [2.45, 2.75) is 56.8 Å². The number of ether oxygens (including phenoxy) is 2. The number of amides is 2. The maximum absolute atomic E-state index is 13.0. The van der Waals surface area contributed by atoms with E-state index in [0.717, 1.165) is 31.2 Å². The maximum Gasteiger partial charge on any atom is 0.249 e. The SMILES string of the molecule is CCCCCCN(C(=O)COC)C1C=C(C(=O)NCCO)C2c3ccccc3OC2C1O. The molecule has 8 heteroatoms. The van der Waals surface area contributed by atoms with Crippen LogP contribution in [0, 0.1) is 0 Å². The van der Waals surface area contributed by atoms with Crippen LogP contribution in [0.3, 0.4) is 0 Å². The number of methoxy groups -OCH3 is 1. The highest BCUT2D eigenvalue weighted by molar-refractivity contribution is 5.96. The fraction of sp³-hybridized carbons (Fsp3) is 0.583. The third-order valence-corrected chi connectivity index (χ3v) is 6.08. The Morgan fingerprint density at radius 1 is 1.22 bits per heavy atom. The number of fused-ring (bicyclic) bond motifs is 3. The van der Waals surface area contributed by atoms with Gasteiger partial charge in [-0.25, -0.2) is 0 Å². The zero-order valence-electron chi connectivity index (χ0n) is 18.8. The van der Waals surface area contributed by atoms with Crippen molar-refractivity contribution in [1.82, 2.24) is 10.2 Å². The lowest BCUT2D eigenvalue weighted by molar-refractivity contribution is -0.141. The van der Waals surface area contributed by atoms with Crippen molar-refractivity contribution >= 4 is 11.8 Å². The molecule has 0 saturated carbocycles. The molecule has 1 heterocycles. The molecule has 0 spiro atoms. The van der Waals surface area contributed by atoms with Crippen molar-refractivity contribution in [2.75, 3.05) is 33.4 Å². The molecule has 8 nitrogen and oxygen atoms in total. The summed E-state index contributed by atoms with van der Waals surface area (Å²) in [6.07, 6.45) is 3.90. The molecule has 4 unspecified atom stereocenters. The molecule has 32 heavy (non-hydrogen) atoms. The topological polar surface area (TPSA) is 108 Å². The van der Waals surface area contributed by atoms with Gasteiger partial charge in [-0.1, -0.05) is 44.4 Å². The Balaban J connectivity index is 1.96. The molecule has 1 aliphatic carbocycles. The van der Waals surface area contributed by atoms with Crippen molar-refractivity contribution in [3.8, 4) is 5.75 Å². The van der Waals surface area contributed by atoms with Crippen molar-refractivity contribution in [2.24, 2.45) is 0 Å². The van der Waals surface area contributed by atoms with Crippen LogP contribution >= 0.6 is 0 Å². The minimum Gasteiger partial charge on any atom is -0.486 e. The minimum atomic E-state index is -1.01. The standard InChI is InChI=1S/C24H34N2O6/c1-3-4-5-8-12-26(20(28)15-31-2)18-14-17(24(30)25-11-13-27)21-16-9-6-7-10-19(16)32-23(21)22(18)29/h6-7,9-10,14,18,21-23,27,29H,3-5,8,11-13,15H2,1-2H3,(H,25,30). The number of carbonyl (C=O) groups is 2. The van der Waals surface area contributed by atoms with E-state index in [4.69, 9.17) is 14.6 Å². The summed E-state index contributed by atoms with van der Waals surface area (Å²) in [5, 5.41) is 23.2. The molecule has 1 aromatic rings. The molecule has 0 bridgehead atoms. The van der Waals surface area contributed by atoms with Crippen LogP contribution in [0.1, 0.15) is 44.1 Å². The Morgan fingerprint density at radius 3 is 2.72 bits per heavy atom. The molecule has 1 aliphatic heterocycles. The predicted octanol–water partition coefficient (Wildman–Crippen LogP) is 1.36. The fourth-order valence-corrected chi connectivity index (χ4v) is 4.55. The molecule has 1 aromatic carbocycles. The molecular formula is C24H34N2O6. The molecule has 0 radical (unpaired) electrons. The van der Waals surface area contributed by atoms with Gasteiger partial charge < -0.3 is 29.9 Å². The Morgan fingerprint density at radius 2 is 2.00 bits per heavy atom. The molecule has 176 valence electrons. The minimum absolute atomic E-state index is 0.105. The van der Waals surface area contributed by atoms with Crippen molar-refractivity contribution in [3.63, 3.8) is 0 Å². The van der Waals surface area contributed by atoms with Gasteiger partial charge in [-0.3, -0.25) is 9.59 Å². The highest BCUT2D eigenvalue weighted by Gasteiger charge is 2.50. The number of aliphatic hydroxyl groups excluding tert-OH is 2. The molecule has 0 fully saturated rings. The van der Waals surface area contributed by atoms with Gasteiger partial charge in [0.1, 0.15) is 24.6 Å². The van der Waals surface area contributed by atoms with Crippen molar-refractivity contribution in [1.29, 1.82) is 0 Å². The first kappa shape index (κ1) is 24.2. The molecule has 4 atom stereocenters. The smallest absolute Gasteiger partial charge is 0.249 e. The summed E-state index contributed by atoms with van der Waals surface area (Å²) < 4.78 is 11.2. The van der Waals surface area contributed by atoms with Gasteiger partial charge in [-0.15, -0.1) is 0 Å². The second-order valence-electron chi connectivity index (χ2n) is 8.26. The molecule has 3 N–H and O–H groups in total. The number of aliphatic hydroxyl groups is 2. The van der Waals surface area contributed by atoms with Gasteiger partial charge in [0.05, 0.1) is 18.6 Å². The quantitative estimate of drug-likeness (QED) is 0.443. The first-order valence-corrected chi connectivity index (χ1v) is 11.4. The summed E-state index contributed by atoms with van der Waals surface area (Å²) in [5.74, 6) is -0.402. The van der Waals surface area contributed by atoms with Crippen LogP contribution in [0.15, 0.2) is 35.9 Å². The van der Waals surface area contributed by atoms with E-state index in [-0.39, 0.29) is 31.6 Å². The van der Waals surface area contributed by atoms with Crippen LogP contribution in [0.25, 0.3) is 0 Å². The van der Waals surface area contributed by atoms with Crippen LogP contribution in [0.5, 0.6) is 5.75 Å². The zero-order chi connectivity index (χ0) is 23.1. The molecule has 3 rings (SSSR count). The van der Waals surface area contributed by atoms with Gasteiger partial charge in [0.25, 0.3) is 0 Å². The van der Waals surface area contributed by atoms with E-state index < -0.39 is 24.2 Å². The molecule has 0 saturated heterocycles. The van der Waals surface area contributed by atoms with Crippen LogP contribution in [0.4, 0.5) is 0 Å². The second kappa shape index (κ2) is 11.4. The number of benzene rings is 1. The van der Waals surface area contributed by atoms with E-state index in [2.05, 4.69) is 12.2 Å². The van der Waals surface area contributed by atoms with Crippen LogP contribution in [0.2, 0.25) is 0 Å². The summed E-state index contributed by atoms with van der Waals surface area (Å²) in [4.78, 5) is 27.5. The Bertz CT molecular complexity index is 826. The van der Waals surface area contributed by atoms with Crippen LogP contribution in [-0.2, 0) is 14.3 Å². The highest BCUT2D eigenvalue weighted by atomic mass is 16.5. The Labute approximate surface area is 189 Å². The fourth-order valence-electron chi connectivity index (χ4n) is 4.55. The lowest BCUT2D eigenvalue weighted by Crippen LogP contribution is -2.56. The third-order valence-electron chi connectivity index (χ3n) is 6.08. The number of carbonyl (C=O) groups excluding carboxylic acids is 2. The van der Waals surface area contributed by atoms with Gasteiger partial charge in [0.15, 0.2) is 0 Å². The first-order valence-electron chi connectivity index (χ1n) is 11.4. The van der Waals surface area contributed by atoms with Crippen LogP contribution in [-0.4, -0.2) is 78.6 Å². The zero-order valence-corrected chi connectivity index (χ0v) is 18.8. The number of hydrogen-bond acceptors (Lipinski definition) is 6. The number of hydrogen-bond donors (Lipinski definition) is 3. The van der Waals surface area contributed by atoms with E-state index in [1.165, 1.54) is 7.11 Å². The van der Waals surface area contributed by atoms with E-state index in [0.29, 0.717) is 17.9 Å². The Hall–Kier alpha value is -2.42. The van der Waals surface area contributed by atoms with Crippen LogP contribution < -0.4 is 10.1 Å². The normalized spacial score (nSPS) is 23.6. The Kier molecular flexibility index (Phi) is 8.67. The van der Waals surface area contributed by atoms with Crippen molar-refractivity contribution in [3.05, 3.63) is 41.5 Å². The lowest BCUT2D eigenvalue weighted by atomic mass is 9.77. The number of nitrogens with zero attached hydrogens (tertiary/aromatic N) is 1. The summed E-state index contributed by atoms with van der Waals surface area (Å²) in [5.41, 5.74) is 1.27. The van der Waals surface area contributed by atoms with Gasteiger partial charge in [0, 0.05) is 31.3 Å². The molecule has 2 aliphatic rings. The summed E-state index contributed by atoms with van der Waals surface area (Å²) in [6, 6.07) is 6.70. The first-order chi connectivity index (χ1) is 15.5. The van der Waals surface area contributed by atoms with E-state index in [9.17, 15) is 14.7 Å². The van der Waals surface area contributed by atoms with E-state index in [1.54, 1.807) is 11.0 Å². The number of nitrogens with one attached hydrogen (secondary N) is 1. The number of para-hydroxylation sites is 1. The molecule has 2 amide bonds. The number of rotatable bonds is 11. The molecule has 0 aromatic heterocycles. The van der Waals surface area contributed by atoms with Gasteiger partial charge >= 0.3 is 0 Å². The average Bonchev–Trinajstić information content (AvgIpc) is 3.19. The summed E-state index contributed by atoms with van der Waals surface area (Å²) in [6.45, 7) is 2.41. The van der Waals surface area contributed by atoms with Gasteiger partial charge in [0.2, 0.25) is 11.8 Å². The second-order valence-corrected chi connectivity index (χ2v) is 8.26. The maximum atomic E-state index is 13.0. The number of unbranched alkanes of at least 4 members (excludes halogenated alkanes) is 3. The summed E-state index contributed by atoms with van der Waals surface area (Å²) in [7, 11) is 1.46. The van der Waals surface area contributed by atoms with Gasteiger partial charge in [-0.2, -0.15) is 0 Å². The van der Waals surface area contributed by atoms with Gasteiger partial charge in [-0.05, 0) is 18.6 Å². The lowest BCUT2D eigenvalue weighted by Gasteiger charge is -2.40. The van der Waals surface area contributed by atoms with Crippen molar-refractivity contribution < 1.29 is 29.3 Å². The third kappa shape index (κ3) is 5.14. The average molecular weight is 447 g/mol. The monoisotopic (exact) mass is 446 g/mol. The summed E-state index contributed by atoms with van der Waals surface area (Å²) >= 11 is 0. The molecular weight excluding hydrogens is 412 g/mol. The van der Waals surface area contributed by atoms with E-state index >= 15 is 0 Å².